The summed E-state index contributed by atoms with van der Waals surface area (Å²) >= 11 is 1.46. The number of anilines is 1. The zero-order valence-corrected chi connectivity index (χ0v) is 18.0. The molecule has 0 radical (unpaired) electrons. The van der Waals surface area contributed by atoms with E-state index >= 15 is 0 Å². The van der Waals surface area contributed by atoms with Gasteiger partial charge in [-0.25, -0.2) is 4.98 Å². The van der Waals surface area contributed by atoms with Gasteiger partial charge in [0, 0.05) is 31.5 Å². The quantitative estimate of drug-likeness (QED) is 0.567. The van der Waals surface area contributed by atoms with Gasteiger partial charge < -0.3 is 15.5 Å². The maximum atomic E-state index is 12.8. The van der Waals surface area contributed by atoms with Gasteiger partial charge in [0.15, 0.2) is 0 Å². The summed E-state index contributed by atoms with van der Waals surface area (Å²) in [6.45, 7) is 3.62. The molecule has 1 saturated heterocycles. The van der Waals surface area contributed by atoms with E-state index in [1.807, 2.05) is 30.2 Å². The highest BCUT2D eigenvalue weighted by atomic mass is 32.2. The van der Waals surface area contributed by atoms with Gasteiger partial charge in [-0.2, -0.15) is 0 Å². The number of thioether (sulfide) groups is 1. The third-order valence-electron chi connectivity index (χ3n) is 5.16. The van der Waals surface area contributed by atoms with Crippen molar-refractivity contribution in [3.05, 3.63) is 53.7 Å². The van der Waals surface area contributed by atoms with Crippen LogP contribution in [0.3, 0.4) is 0 Å². The van der Waals surface area contributed by atoms with E-state index in [1.54, 1.807) is 30.5 Å². The van der Waals surface area contributed by atoms with Crippen LogP contribution in [0, 0.1) is 12.8 Å². The maximum absolute atomic E-state index is 12.8. The normalized spacial score (nSPS) is 14.3. The van der Waals surface area contributed by atoms with Crippen molar-refractivity contribution < 1.29 is 14.4 Å². The Balaban J connectivity index is 1.44. The summed E-state index contributed by atoms with van der Waals surface area (Å²) in [5.41, 5.74) is 2.30. The maximum Gasteiger partial charge on any atom is 0.313 e. The molecule has 0 aliphatic carbocycles. The van der Waals surface area contributed by atoms with Crippen LogP contribution in [0.1, 0.15) is 28.8 Å². The van der Waals surface area contributed by atoms with E-state index in [0.717, 1.165) is 23.4 Å². The zero-order valence-electron chi connectivity index (χ0n) is 17.2. The van der Waals surface area contributed by atoms with Crippen molar-refractivity contribution in [1.82, 2.24) is 15.2 Å². The number of nitrogens with one attached hydrogen (secondary N) is 2. The van der Waals surface area contributed by atoms with Crippen LogP contribution in [0.4, 0.5) is 5.69 Å². The monoisotopic (exact) mass is 426 g/mol. The Kier molecular flexibility index (Phi) is 7.46. The number of nitrogens with zero attached hydrogens (tertiary/aromatic N) is 2. The van der Waals surface area contributed by atoms with Gasteiger partial charge in [-0.1, -0.05) is 17.7 Å². The summed E-state index contributed by atoms with van der Waals surface area (Å²) in [5.74, 6) is -1.09. The molecule has 1 fully saturated rings. The third kappa shape index (κ3) is 5.60. The molecule has 3 amide bonds. The number of aromatic nitrogens is 1. The highest BCUT2D eigenvalue weighted by Crippen LogP contribution is 2.22. The first-order valence-corrected chi connectivity index (χ1v) is 11.1. The summed E-state index contributed by atoms with van der Waals surface area (Å²) in [4.78, 5) is 43.0. The van der Waals surface area contributed by atoms with Crippen molar-refractivity contribution in [2.45, 2.75) is 24.8 Å². The molecule has 1 aliphatic rings. The number of carbonyl (C=O) groups excluding carboxylic acids is 3. The molecule has 1 aliphatic heterocycles. The molecular formula is C22H26N4O3S. The van der Waals surface area contributed by atoms with Crippen LogP contribution >= 0.6 is 11.8 Å². The van der Waals surface area contributed by atoms with Crippen LogP contribution in [0.2, 0.25) is 0 Å². The fraction of sp³-hybridized carbons (Fsp3) is 0.364. The molecule has 158 valence electrons. The predicted molar refractivity (Wildman–Crippen MR) is 117 cm³/mol. The predicted octanol–water partition coefficient (Wildman–Crippen LogP) is 2.72. The highest BCUT2D eigenvalue weighted by Gasteiger charge is 2.26. The summed E-state index contributed by atoms with van der Waals surface area (Å²) in [6.07, 6.45) is 5.15. The minimum Gasteiger partial charge on any atom is -0.348 e. The molecule has 2 heterocycles. The second-order valence-electron chi connectivity index (χ2n) is 7.33. The van der Waals surface area contributed by atoms with Gasteiger partial charge in [-0.05, 0) is 56.2 Å². The van der Waals surface area contributed by atoms with Crippen molar-refractivity contribution in [2.24, 2.45) is 5.92 Å². The molecular weight excluding hydrogens is 400 g/mol. The molecule has 0 atom stereocenters. The van der Waals surface area contributed by atoms with E-state index in [0.29, 0.717) is 30.9 Å². The topological polar surface area (TPSA) is 91.4 Å². The van der Waals surface area contributed by atoms with Gasteiger partial charge in [-0.15, -0.1) is 11.8 Å². The van der Waals surface area contributed by atoms with Crippen molar-refractivity contribution in [2.75, 3.05) is 31.2 Å². The van der Waals surface area contributed by atoms with Crippen LogP contribution in [-0.4, -0.2) is 53.5 Å². The molecule has 2 N–H and O–H groups in total. The number of amides is 3. The lowest BCUT2D eigenvalue weighted by Gasteiger charge is -2.32. The smallest absolute Gasteiger partial charge is 0.313 e. The number of aryl methyl sites for hydroxylation is 1. The number of pyridine rings is 1. The number of piperidine rings is 1. The molecule has 0 saturated carbocycles. The Morgan fingerprint density at radius 3 is 2.47 bits per heavy atom. The largest absolute Gasteiger partial charge is 0.348 e. The SMILES string of the molecule is CSc1ncccc1C(=O)N1CCC(CNC(=O)C(=O)Nc2ccc(C)cc2)CC1. The summed E-state index contributed by atoms with van der Waals surface area (Å²) in [5, 5.41) is 6.04. The summed E-state index contributed by atoms with van der Waals surface area (Å²) in [7, 11) is 0. The number of likely N-dealkylation sites (tertiary alicyclic amines) is 1. The molecule has 30 heavy (non-hydrogen) atoms. The van der Waals surface area contributed by atoms with Crippen molar-refractivity contribution in [3.63, 3.8) is 0 Å². The number of benzene rings is 1. The Labute approximate surface area is 180 Å². The average molecular weight is 427 g/mol. The lowest BCUT2D eigenvalue weighted by atomic mass is 9.96. The minimum absolute atomic E-state index is 0.00703. The van der Waals surface area contributed by atoms with Gasteiger partial charge in [0.1, 0.15) is 5.03 Å². The number of rotatable bonds is 5. The number of hydrogen-bond donors (Lipinski definition) is 2. The molecule has 7 nitrogen and oxygen atoms in total. The van der Waals surface area contributed by atoms with Crippen LogP contribution in [0.5, 0.6) is 0 Å². The Bertz CT molecular complexity index is 909. The van der Waals surface area contributed by atoms with Crippen molar-refractivity contribution in [1.29, 1.82) is 0 Å². The molecule has 1 aromatic carbocycles. The Morgan fingerprint density at radius 1 is 1.10 bits per heavy atom. The fourth-order valence-electron chi connectivity index (χ4n) is 3.37. The molecule has 0 bridgehead atoms. The second-order valence-corrected chi connectivity index (χ2v) is 8.12. The van der Waals surface area contributed by atoms with Crippen LogP contribution < -0.4 is 10.6 Å². The molecule has 1 aromatic heterocycles. The number of hydrogen-bond acceptors (Lipinski definition) is 5. The first-order chi connectivity index (χ1) is 14.5. The zero-order chi connectivity index (χ0) is 21.5. The van der Waals surface area contributed by atoms with E-state index in [2.05, 4.69) is 15.6 Å². The van der Waals surface area contributed by atoms with Crippen LogP contribution in [-0.2, 0) is 9.59 Å². The lowest BCUT2D eigenvalue weighted by molar-refractivity contribution is -0.136. The van der Waals surface area contributed by atoms with Gasteiger partial charge >= 0.3 is 11.8 Å². The molecule has 0 unspecified atom stereocenters. The summed E-state index contributed by atoms with van der Waals surface area (Å²) in [6, 6.07) is 10.8. The Morgan fingerprint density at radius 2 is 1.80 bits per heavy atom. The molecule has 0 spiro atoms. The highest BCUT2D eigenvalue weighted by molar-refractivity contribution is 7.98. The Hall–Kier alpha value is -2.87. The van der Waals surface area contributed by atoms with E-state index in [1.165, 1.54) is 11.8 Å². The van der Waals surface area contributed by atoms with Gasteiger partial charge in [-0.3, -0.25) is 14.4 Å². The van der Waals surface area contributed by atoms with Crippen LogP contribution in [0.15, 0.2) is 47.6 Å². The fourth-order valence-corrected chi connectivity index (χ4v) is 3.91. The second kappa shape index (κ2) is 10.2. The van der Waals surface area contributed by atoms with E-state index in [4.69, 9.17) is 0 Å². The lowest BCUT2D eigenvalue weighted by Crippen LogP contribution is -2.43. The van der Waals surface area contributed by atoms with Crippen LogP contribution in [0.25, 0.3) is 0 Å². The van der Waals surface area contributed by atoms with E-state index in [-0.39, 0.29) is 11.8 Å². The van der Waals surface area contributed by atoms with Gasteiger partial charge in [0.2, 0.25) is 0 Å². The molecule has 3 rings (SSSR count). The first kappa shape index (κ1) is 21.8. The number of carbonyl (C=O) groups is 3. The van der Waals surface area contributed by atoms with Crippen molar-refractivity contribution >= 4 is 35.2 Å². The van der Waals surface area contributed by atoms with E-state index < -0.39 is 11.8 Å². The van der Waals surface area contributed by atoms with Gasteiger partial charge in [0.25, 0.3) is 5.91 Å². The molecule has 2 aromatic rings. The minimum atomic E-state index is -0.673. The van der Waals surface area contributed by atoms with Gasteiger partial charge in [0.05, 0.1) is 5.56 Å². The third-order valence-corrected chi connectivity index (χ3v) is 5.88. The average Bonchev–Trinajstić information content (AvgIpc) is 2.78. The van der Waals surface area contributed by atoms with Crippen molar-refractivity contribution in [3.8, 4) is 0 Å². The van der Waals surface area contributed by atoms with E-state index in [9.17, 15) is 14.4 Å². The first-order valence-electron chi connectivity index (χ1n) is 9.92. The molecule has 8 heteroatoms. The standard InChI is InChI=1S/C22H26N4O3S/c1-15-5-7-17(8-6-15)25-20(28)19(27)24-14-16-9-12-26(13-10-16)22(29)18-4-3-11-23-21(18)30-2/h3-8,11,16H,9-10,12-14H2,1-2H3,(H,24,27)(H,25,28). The summed E-state index contributed by atoms with van der Waals surface area (Å²) < 4.78 is 0.